The molecule has 4 nitrogen and oxygen atoms in total. The second-order valence-electron chi connectivity index (χ2n) is 5.37. The molecule has 0 saturated carbocycles. The molecule has 0 unspecified atom stereocenters. The number of nitrogens with one attached hydrogen (secondary N) is 1. The molecule has 0 aliphatic carbocycles. The topological polar surface area (TPSA) is 41.6 Å². The number of likely N-dealkylation sites (tertiary alicyclic amines) is 1. The molecule has 1 aliphatic rings. The number of carbonyl (C=O) groups excluding carboxylic acids is 1. The first-order chi connectivity index (χ1) is 9.70. The molecule has 1 aliphatic heterocycles. The minimum atomic E-state index is -0.489. The van der Waals surface area contributed by atoms with Crippen molar-refractivity contribution in [3.05, 3.63) is 35.9 Å². The Labute approximate surface area is 121 Å². The largest absolute Gasteiger partial charge is 0.468 e. The van der Waals surface area contributed by atoms with Gasteiger partial charge in [-0.1, -0.05) is 37.3 Å². The first-order valence-corrected chi connectivity index (χ1v) is 7.30. The molecule has 0 atom stereocenters. The number of hydrogen-bond acceptors (Lipinski definition) is 4. The molecular weight excluding hydrogens is 252 g/mol. The second-order valence-corrected chi connectivity index (χ2v) is 5.37. The van der Waals surface area contributed by atoms with E-state index in [4.69, 9.17) is 4.74 Å². The Hall–Kier alpha value is -1.39. The van der Waals surface area contributed by atoms with E-state index >= 15 is 0 Å². The van der Waals surface area contributed by atoms with Crippen LogP contribution in [0, 0.1) is 0 Å². The third kappa shape index (κ3) is 3.38. The zero-order valence-corrected chi connectivity index (χ0v) is 12.4. The van der Waals surface area contributed by atoms with Crippen molar-refractivity contribution in [1.29, 1.82) is 0 Å². The average molecular weight is 276 g/mol. The third-order valence-corrected chi connectivity index (χ3v) is 4.05. The molecule has 0 radical (unpaired) electrons. The van der Waals surface area contributed by atoms with Crippen molar-refractivity contribution in [1.82, 2.24) is 10.2 Å². The quantitative estimate of drug-likeness (QED) is 0.833. The van der Waals surface area contributed by atoms with E-state index in [0.717, 1.165) is 39.0 Å². The molecule has 1 heterocycles. The van der Waals surface area contributed by atoms with E-state index in [0.29, 0.717) is 0 Å². The Kier molecular flexibility index (Phi) is 5.15. The van der Waals surface area contributed by atoms with Crippen molar-refractivity contribution in [2.24, 2.45) is 0 Å². The molecule has 1 N–H and O–H groups in total. The lowest BCUT2D eigenvalue weighted by Gasteiger charge is -2.40. The van der Waals surface area contributed by atoms with Gasteiger partial charge in [-0.3, -0.25) is 9.69 Å². The van der Waals surface area contributed by atoms with Gasteiger partial charge in [0.15, 0.2) is 0 Å². The Balaban J connectivity index is 1.94. The number of rotatable bonds is 5. The molecule has 2 rings (SSSR count). The van der Waals surface area contributed by atoms with Gasteiger partial charge in [0.2, 0.25) is 0 Å². The summed E-state index contributed by atoms with van der Waals surface area (Å²) in [4.78, 5) is 14.4. The van der Waals surface area contributed by atoms with Crippen molar-refractivity contribution in [2.45, 2.75) is 31.8 Å². The number of hydrogen-bond donors (Lipinski definition) is 1. The van der Waals surface area contributed by atoms with Crippen molar-refractivity contribution >= 4 is 5.97 Å². The number of ether oxygens (including phenoxy) is 1. The monoisotopic (exact) mass is 276 g/mol. The molecule has 0 amide bonds. The number of benzene rings is 1. The molecule has 20 heavy (non-hydrogen) atoms. The highest BCUT2D eigenvalue weighted by Gasteiger charge is 2.41. The van der Waals surface area contributed by atoms with Crippen LogP contribution in [0.15, 0.2) is 30.3 Å². The number of likely N-dealkylation sites (N-methyl/N-ethyl adjacent to an activating group) is 1. The van der Waals surface area contributed by atoms with E-state index in [9.17, 15) is 4.79 Å². The van der Waals surface area contributed by atoms with Crippen LogP contribution < -0.4 is 5.32 Å². The highest BCUT2D eigenvalue weighted by atomic mass is 16.5. The van der Waals surface area contributed by atoms with Gasteiger partial charge in [-0.15, -0.1) is 0 Å². The molecule has 1 aromatic carbocycles. The summed E-state index contributed by atoms with van der Waals surface area (Å²) in [6, 6.07) is 10.5. The van der Waals surface area contributed by atoms with Crippen molar-refractivity contribution in [3.8, 4) is 0 Å². The predicted octanol–water partition coefficient (Wildman–Crippen LogP) is 1.80. The van der Waals surface area contributed by atoms with E-state index in [1.54, 1.807) is 0 Å². The van der Waals surface area contributed by atoms with E-state index in [2.05, 4.69) is 34.5 Å². The van der Waals surface area contributed by atoms with Gasteiger partial charge < -0.3 is 10.1 Å². The number of esters is 1. The van der Waals surface area contributed by atoms with Crippen LogP contribution in [0.4, 0.5) is 0 Å². The van der Waals surface area contributed by atoms with E-state index in [-0.39, 0.29) is 5.97 Å². The lowest BCUT2D eigenvalue weighted by Crippen LogP contribution is -2.58. The minimum absolute atomic E-state index is 0.126. The Morgan fingerprint density at radius 1 is 1.30 bits per heavy atom. The maximum Gasteiger partial charge on any atom is 0.326 e. The summed E-state index contributed by atoms with van der Waals surface area (Å²) in [6.07, 6.45) is 1.61. The van der Waals surface area contributed by atoms with Gasteiger partial charge in [0.05, 0.1) is 7.11 Å². The van der Waals surface area contributed by atoms with Gasteiger partial charge in [0, 0.05) is 19.6 Å². The summed E-state index contributed by atoms with van der Waals surface area (Å²) in [6.45, 7) is 5.59. The fourth-order valence-corrected chi connectivity index (χ4v) is 2.92. The number of carbonyl (C=O) groups is 1. The molecule has 0 bridgehead atoms. The Morgan fingerprint density at radius 2 is 1.95 bits per heavy atom. The minimum Gasteiger partial charge on any atom is -0.468 e. The van der Waals surface area contributed by atoms with Gasteiger partial charge in [-0.2, -0.15) is 0 Å². The van der Waals surface area contributed by atoms with Gasteiger partial charge in [0.25, 0.3) is 0 Å². The molecule has 110 valence electrons. The highest BCUT2D eigenvalue weighted by Crippen LogP contribution is 2.24. The number of piperidine rings is 1. The van der Waals surface area contributed by atoms with Gasteiger partial charge >= 0.3 is 5.97 Å². The van der Waals surface area contributed by atoms with Crippen LogP contribution in [0.1, 0.15) is 25.3 Å². The van der Waals surface area contributed by atoms with Crippen LogP contribution in [0.2, 0.25) is 0 Å². The molecule has 1 aromatic rings. The first kappa shape index (κ1) is 15.0. The molecular formula is C16H24N2O2. The molecule has 1 saturated heterocycles. The van der Waals surface area contributed by atoms with Gasteiger partial charge in [-0.05, 0) is 24.9 Å². The van der Waals surface area contributed by atoms with Crippen LogP contribution in [0.25, 0.3) is 0 Å². The molecule has 4 heteroatoms. The van der Waals surface area contributed by atoms with Crippen LogP contribution in [0.5, 0.6) is 0 Å². The van der Waals surface area contributed by atoms with Crippen LogP contribution in [0.3, 0.4) is 0 Å². The van der Waals surface area contributed by atoms with E-state index in [1.807, 2.05) is 13.0 Å². The predicted molar refractivity (Wildman–Crippen MR) is 79.4 cm³/mol. The summed E-state index contributed by atoms with van der Waals surface area (Å²) >= 11 is 0. The summed E-state index contributed by atoms with van der Waals surface area (Å²) < 4.78 is 4.98. The summed E-state index contributed by atoms with van der Waals surface area (Å²) in [5, 5.41) is 3.33. The lowest BCUT2D eigenvalue weighted by molar-refractivity contribution is -0.151. The number of methoxy groups -OCH3 is 1. The van der Waals surface area contributed by atoms with Crippen molar-refractivity contribution in [2.75, 3.05) is 26.7 Å². The third-order valence-electron chi connectivity index (χ3n) is 4.05. The fourth-order valence-electron chi connectivity index (χ4n) is 2.92. The second kappa shape index (κ2) is 6.86. The first-order valence-electron chi connectivity index (χ1n) is 7.30. The number of nitrogens with zero attached hydrogens (tertiary/aromatic N) is 1. The normalized spacial score (nSPS) is 18.7. The summed E-state index contributed by atoms with van der Waals surface area (Å²) in [5.74, 6) is -0.126. The van der Waals surface area contributed by atoms with E-state index in [1.165, 1.54) is 12.7 Å². The maximum absolute atomic E-state index is 12.0. The highest BCUT2D eigenvalue weighted by molar-refractivity contribution is 5.81. The maximum atomic E-state index is 12.0. The van der Waals surface area contributed by atoms with Gasteiger partial charge in [-0.25, -0.2) is 0 Å². The van der Waals surface area contributed by atoms with Gasteiger partial charge in [0.1, 0.15) is 5.54 Å². The standard InChI is InChI=1S/C16H24N2O2/c1-3-17-16(15(19)20-2)9-11-18(12-10-16)13-14-7-5-4-6-8-14/h4-8,17H,3,9-13H2,1-2H3. The van der Waals surface area contributed by atoms with Crippen molar-refractivity contribution < 1.29 is 9.53 Å². The summed E-state index contributed by atoms with van der Waals surface area (Å²) in [7, 11) is 1.47. The Morgan fingerprint density at radius 3 is 2.50 bits per heavy atom. The summed E-state index contributed by atoms with van der Waals surface area (Å²) in [5.41, 5.74) is 0.831. The smallest absolute Gasteiger partial charge is 0.326 e. The fraction of sp³-hybridized carbons (Fsp3) is 0.562. The van der Waals surface area contributed by atoms with Crippen LogP contribution in [-0.4, -0.2) is 43.2 Å². The zero-order chi connectivity index (χ0) is 14.4. The lowest BCUT2D eigenvalue weighted by atomic mass is 9.87. The molecule has 0 aromatic heterocycles. The van der Waals surface area contributed by atoms with Crippen LogP contribution in [-0.2, 0) is 16.1 Å². The zero-order valence-electron chi connectivity index (χ0n) is 12.4. The molecule has 0 spiro atoms. The molecule has 1 fully saturated rings. The SMILES string of the molecule is CCNC1(C(=O)OC)CCN(Cc2ccccc2)CC1. The van der Waals surface area contributed by atoms with Crippen LogP contribution >= 0.6 is 0 Å². The Bertz CT molecular complexity index is 425. The average Bonchev–Trinajstić information content (AvgIpc) is 2.50. The van der Waals surface area contributed by atoms with E-state index < -0.39 is 5.54 Å². The van der Waals surface area contributed by atoms with Crippen molar-refractivity contribution in [3.63, 3.8) is 0 Å².